The van der Waals surface area contributed by atoms with E-state index < -0.39 is 0 Å². The number of benzene rings is 2. The summed E-state index contributed by atoms with van der Waals surface area (Å²) in [6.07, 6.45) is 0.845. The van der Waals surface area contributed by atoms with Crippen LogP contribution in [0.25, 0.3) is 0 Å². The largest absolute Gasteiger partial charge is 0.497 e. The van der Waals surface area contributed by atoms with Gasteiger partial charge in [0.2, 0.25) is 0 Å². The lowest BCUT2D eigenvalue weighted by atomic mass is 9.63. The molecule has 0 fully saturated rings. The topological polar surface area (TPSA) is 9.23 Å². The van der Waals surface area contributed by atoms with E-state index in [0.717, 1.165) is 17.5 Å². The van der Waals surface area contributed by atoms with Crippen LogP contribution in [-0.4, -0.2) is 13.2 Å². The molecule has 2 aromatic rings. The van der Waals surface area contributed by atoms with Crippen molar-refractivity contribution in [1.82, 2.24) is 0 Å². The number of hydrogen-bond donors (Lipinski definition) is 0. The van der Waals surface area contributed by atoms with Crippen LogP contribution >= 0.6 is 11.5 Å². The van der Waals surface area contributed by atoms with Crippen LogP contribution in [0.15, 0.2) is 54.6 Å². The van der Waals surface area contributed by atoms with E-state index in [1.54, 1.807) is 7.11 Å². The first-order chi connectivity index (χ1) is 8.29. The van der Waals surface area contributed by atoms with Gasteiger partial charge in [0.05, 0.1) is 7.11 Å². The van der Waals surface area contributed by atoms with E-state index in [4.69, 9.17) is 16.2 Å². The van der Waals surface area contributed by atoms with Crippen LogP contribution in [0.3, 0.4) is 0 Å². The Hall–Kier alpha value is -1.41. The predicted molar refractivity (Wildman–Crippen MR) is 74.4 cm³/mol. The molecule has 0 radical (unpaired) electrons. The Morgan fingerprint density at radius 3 is 2.24 bits per heavy atom. The van der Waals surface area contributed by atoms with Crippen molar-refractivity contribution in [1.29, 1.82) is 0 Å². The van der Waals surface area contributed by atoms with Crippen molar-refractivity contribution in [3.8, 4) is 5.75 Å². The van der Waals surface area contributed by atoms with E-state index in [9.17, 15) is 0 Å². The molecule has 0 aliphatic heterocycles. The highest BCUT2D eigenvalue weighted by molar-refractivity contribution is 7.13. The molecule has 0 saturated carbocycles. The maximum absolute atomic E-state index is 6.40. The van der Waals surface area contributed by atoms with Crippen LogP contribution in [-0.2, 0) is 6.32 Å². The third-order valence-corrected chi connectivity index (χ3v) is 3.14. The summed E-state index contributed by atoms with van der Waals surface area (Å²) in [5, 5.41) is 0. The second-order valence-corrected chi connectivity index (χ2v) is 4.46. The van der Waals surface area contributed by atoms with Crippen molar-refractivity contribution < 1.29 is 4.74 Å². The number of ether oxygens (including phenoxy) is 1. The maximum atomic E-state index is 6.40. The first-order valence-corrected chi connectivity index (χ1v) is 6.05. The van der Waals surface area contributed by atoms with Crippen molar-refractivity contribution in [3.05, 3.63) is 60.2 Å². The summed E-state index contributed by atoms with van der Waals surface area (Å²) in [4.78, 5) is 0. The standard InChI is InChI=1S/C14H14BClO/c1-17-14-9-7-13(8-10-14)15(16)11-12-5-3-2-4-6-12/h2-10H,11H2,1H3. The van der Waals surface area contributed by atoms with Gasteiger partial charge in [-0.2, -0.15) is 11.5 Å². The minimum absolute atomic E-state index is 0.00306. The summed E-state index contributed by atoms with van der Waals surface area (Å²) in [5.41, 5.74) is 2.37. The third-order valence-electron chi connectivity index (χ3n) is 2.74. The van der Waals surface area contributed by atoms with E-state index in [-0.39, 0.29) is 6.13 Å². The Kier molecular flexibility index (Phi) is 4.10. The Morgan fingerprint density at radius 1 is 1.00 bits per heavy atom. The minimum atomic E-state index is 0.00306. The van der Waals surface area contributed by atoms with Crippen molar-refractivity contribution in [2.45, 2.75) is 6.32 Å². The van der Waals surface area contributed by atoms with Gasteiger partial charge in [0, 0.05) is 0 Å². The molecular weight excluding hydrogens is 230 g/mol. The van der Waals surface area contributed by atoms with Gasteiger partial charge in [-0.1, -0.05) is 53.5 Å². The first-order valence-electron chi connectivity index (χ1n) is 5.61. The molecule has 0 saturated heterocycles. The molecule has 0 atom stereocenters. The smallest absolute Gasteiger partial charge is 0.287 e. The monoisotopic (exact) mass is 244 g/mol. The van der Waals surface area contributed by atoms with Crippen LogP contribution in [0, 0.1) is 0 Å². The zero-order valence-electron chi connectivity index (χ0n) is 9.77. The molecule has 0 heterocycles. The molecule has 0 bridgehead atoms. The van der Waals surface area contributed by atoms with Gasteiger partial charge in [-0.3, -0.25) is 0 Å². The van der Waals surface area contributed by atoms with Crippen LogP contribution in [0.2, 0.25) is 0 Å². The Balaban J connectivity index is 2.06. The maximum Gasteiger partial charge on any atom is 0.287 e. The average Bonchev–Trinajstić information content (AvgIpc) is 2.40. The van der Waals surface area contributed by atoms with Crippen molar-refractivity contribution in [2.24, 2.45) is 0 Å². The molecule has 0 aliphatic rings. The summed E-state index contributed by atoms with van der Waals surface area (Å²) < 4.78 is 5.12. The highest BCUT2D eigenvalue weighted by Crippen LogP contribution is 2.09. The van der Waals surface area contributed by atoms with E-state index in [0.29, 0.717) is 0 Å². The SMILES string of the molecule is COc1ccc(B(Cl)Cc2ccccc2)cc1. The number of methoxy groups -OCH3 is 1. The van der Waals surface area contributed by atoms with Gasteiger partial charge in [-0.05, 0) is 18.5 Å². The molecule has 0 amide bonds. The number of rotatable bonds is 4. The van der Waals surface area contributed by atoms with Crippen LogP contribution < -0.4 is 10.2 Å². The minimum Gasteiger partial charge on any atom is -0.497 e. The quantitative estimate of drug-likeness (QED) is 0.752. The number of hydrogen-bond acceptors (Lipinski definition) is 1. The average molecular weight is 245 g/mol. The van der Waals surface area contributed by atoms with E-state index >= 15 is 0 Å². The summed E-state index contributed by atoms with van der Waals surface area (Å²) in [6, 6.07) is 18.2. The van der Waals surface area contributed by atoms with E-state index in [1.807, 2.05) is 42.5 Å². The normalized spacial score (nSPS) is 10.0. The zero-order valence-corrected chi connectivity index (χ0v) is 10.5. The van der Waals surface area contributed by atoms with Crippen molar-refractivity contribution in [3.63, 3.8) is 0 Å². The summed E-state index contributed by atoms with van der Waals surface area (Å²) in [5.74, 6) is 0.859. The highest BCUT2D eigenvalue weighted by atomic mass is 35.5. The predicted octanol–water partition coefficient (Wildman–Crippen LogP) is 2.91. The first kappa shape index (κ1) is 12.1. The third kappa shape index (κ3) is 3.27. The van der Waals surface area contributed by atoms with Gasteiger partial charge >= 0.3 is 0 Å². The second kappa shape index (κ2) is 5.78. The van der Waals surface area contributed by atoms with Crippen molar-refractivity contribution >= 4 is 23.1 Å². The van der Waals surface area contributed by atoms with Gasteiger partial charge in [0.1, 0.15) is 5.75 Å². The molecule has 0 spiro atoms. The molecule has 2 aromatic carbocycles. The molecule has 1 nitrogen and oxygen atoms in total. The van der Waals surface area contributed by atoms with Gasteiger partial charge in [-0.25, -0.2) is 0 Å². The summed E-state index contributed by atoms with van der Waals surface area (Å²) in [6.45, 7) is 0. The Labute approximate surface area is 107 Å². The molecule has 17 heavy (non-hydrogen) atoms. The molecule has 0 aromatic heterocycles. The van der Waals surface area contributed by atoms with Gasteiger partial charge in [0.25, 0.3) is 6.13 Å². The second-order valence-electron chi connectivity index (χ2n) is 3.93. The fourth-order valence-electron chi connectivity index (χ4n) is 1.75. The number of halogens is 1. The molecule has 0 aliphatic carbocycles. The van der Waals surface area contributed by atoms with Gasteiger partial charge in [0.15, 0.2) is 0 Å². The molecule has 3 heteroatoms. The lowest BCUT2D eigenvalue weighted by molar-refractivity contribution is 0.415. The molecule has 2 rings (SSSR count). The van der Waals surface area contributed by atoms with Gasteiger partial charge < -0.3 is 4.74 Å². The zero-order chi connectivity index (χ0) is 12.1. The Bertz CT molecular complexity index is 455. The molecule has 86 valence electrons. The fraction of sp³-hybridized carbons (Fsp3) is 0.143. The van der Waals surface area contributed by atoms with Crippen molar-refractivity contribution in [2.75, 3.05) is 7.11 Å². The van der Waals surface area contributed by atoms with Crippen LogP contribution in [0.5, 0.6) is 5.75 Å². The fourth-order valence-corrected chi connectivity index (χ4v) is 2.08. The van der Waals surface area contributed by atoms with Crippen LogP contribution in [0.4, 0.5) is 0 Å². The van der Waals surface area contributed by atoms with E-state index in [1.165, 1.54) is 5.56 Å². The van der Waals surface area contributed by atoms with Gasteiger partial charge in [-0.15, -0.1) is 0 Å². The van der Waals surface area contributed by atoms with Crippen LogP contribution in [0.1, 0.15) is 5.56 Å². The molecule has 0 unspecified atom stereocenters. The summed E-state index contributed by atoms with van der Waals surface area (Å²) >= 11 is 6.40. The lowest BCUT2D eigenvalue weighted by Gasteiger charge is -2.07. The highest BCUT2D eigenvalue weighted by Gasteiger charge is 2.13. The summed E-state index contributed by atoms with van der Waals surface area (Å²) in [7, 11) is 1.66. The Morgan fingerprint density at radius 2 is 1.65 bits per heavy atom. The molecular formula is C14H14BClO. The molecule has 0 N–H and O–H groups in total. The lowest BCUT2D eigenvalue weighted by Crippen LogP contribution is -2.26. The van der Waals surface area contributed by atoms with E-state index in [2.05, 4.69) is 12.1 Å².